The molecule has 0 radical (unpaired) electrons. The minimum atomic E-state index is -0.379. The van der Waals surface area contributed by atoms with E-state index in [0.717, 1.165) is 47.6 Å². The summed E-state index contributed by atoms with van der Waals surface area (Å²) in [6.45, 7) is 3.73. The summed E-state index contributed by atoms with van der Waals surface area (Å²) in [5.74, 6) is -0.0604. The van der Waals surface area contributed by atoms with Crippen LogP contribution in [0.2, 0.25) is 0 Å². The number of Topliss-reactive ketones (excluding diaryl/α,β-unsaturated/α-hetero) is 1. The van der Waals surface area contributed by atoms with Crippen LogP contribution in [-0.4, -0.2) is 71.8 Å². The van der Waals surface area contributed by atoms with Crippen LogP contribution >= 0.6 is 34.9 Å². The van der Waals surface area contributed by atoms with Crippen molar-refractivity contribution in [2.24, 2.45) is 0 Å². The number of rotatable bonds is 13. The van der Waals surface area contributed by atoms with Gasteiger partial charge in [0.1, 0.15) is 11.3 Å². The summed E-state index contributed by atoms with van der Waals surface area (Å²) in [5, 5.41) is 4.92. The van der Waals surface area contributed by atoms with Crippen LogP contribution in [0.15, 0.2) is 105 Å². The number of anilines is 2. The standard InChI is InChI=1S/C37H36BN3O6S3/c1-44-20-16-40-29-8-3-5-10-31(29)49-34(40)22-27-36(43)28(23-35-41(17-21-45-2)30-9-4-6-11-32(30)50-35)37(27)48-24-33(42)39-26-14-12-25(13-15-26)38-46-18-7-19-47-38/h3-6,8-15,22-23H,7,16-21,24H2,1-2H3/p+1. The molecule has 0 unspecified atom stereocenters. The molecule has 3 heterocycles. The number of allylic oxidation sites excluding steroid dienone is 3. The number of ketones is 1. The van der Waals surface area contributed by atoms with Crippen molar-refractivity contribution in [3.63, 3.8) is 0 Å². The molecule has 13 heteroatoms. The lowest BCUT2D eigenvalue weighted by molar-refractivity contribution is -0.670. The number of para-hydroxylation sites is 2. The van der Waals surface area contributed by atoms with E-state index >= 15 is 0 Å². The van der Waals surface area contributed by atoms with E-state index in [1.54, 1.807) is 37.3 Å². The monoisotopic (exact) mass is 726 g/mol. The second-order valence-corrected chi connectivity index (χ2v) is 14.9. The van der Waals surface area contributed by atoms with Crippen LogP contribution in [0, 0.1) is 0 Å². The molecule has 9 nitrogen and oxygen atoms in total. The maximum atomic E-state index is 14.0. The highest BCUT2D eigenvalue weighted by Crippen LogP contribution is 2.48. The van der Waals surface area contributed by atoms with Gasteiger partial charge in [-0.15, -0.1) is 11.8 Å². The number of hydrogen-bond acceptors (Lipinski definition) is 10. The molecule has 3 aromatic carbocycles. The third-order valence-corrected chi connectivity index (χ3v) is 11.8. The van der Waals surface area contributed by atoms with Crippen molar-refractivity contribution in [3.8, 4) is 0 Å². The Balaban J connectivity index is 1.17. The number of nitrogens with one attached hydrogen (secondary N) is 1. The molecule has 2 aliphatic heterocycles. The predicted molar refractivity (Wildman–Crippen MR) is 203 cm³/mol. The van der Waals surface area contributed by atoms with Crippen LogP contribution in [0.25, 0.3) is 16.3 Å². The van der Waals surface area contributed by atoms with E-state index in [1.165, 1.54) is 11.8 Å². The first-order chi connectivity index (χ1) is 24.5. The zero-order valence-corrected chi connectivity index (χ0v) is 30.3. The molecule has 1 N–H and O–H groups in total. The Morgan fingerprint density at radius 3 is 2.56 bits per heavy atom. The Morgan fingerprint density at radius 1 is 1.00 bits per heavy atom. The number of benzene rings is 3. The van der Waals surface area contributed by atoms with Crippen LogP contribution in [0.4, 0.5) is 11.4 Å². The van der Waals surface area contributed by atoms with E-state index in [4.69, 9.17) is 18.8 Å². The molecule has 0 atom stereocenters. The van der Waals surface area contributed by atoms with Crippen molar-refractivity contribution in [2.45, 2.75) is 17.9 Å². The molecule has 0 saturated carbocycles. The first-order valence-corrected chi connectivity index (χ1v) is 19.1. The summed E-state index contributed by atoms with van der Waals surface area (Å²) in [4.78, 5) is 31.4. The average Bonchev–Trinajstić information content (AvgIpc) is 3.69. The Kier molecular flexibility index (Phi) is 11.2. The average molecular weight is 727 g/mol. The van der Waals surface area contributed by atoms with Crippen LogP contribution < -0.4 is 20.2 Å². The van der Waals surface area contributed by atoms with E-state index in [2.05, 4.69) is 39.0 Å². The predicted octanol–water partition coefficient (Wildman–Crippen LogP) is 5.66. The van der Waals surface area contributed by atoms with Crippen LogP contribution in [0.1, 0.15) is 11.4 Å². The van der Waals surface area contributed by atoms with Crippen molar-refractivity contribution < 1.29 is 32.9 Å². The first kappa shape index (κ1) is 34.7. The van der Waals surface area contributed by atoms with Gasteiger partial charge in [-0.3, -0.25) is 9.59 Å². The molecule has 3 aliphatic rings. The van der Waals surface area contributed by atoms with E-state index in [1.807, 2.05) is 60.7 Å². The Morgan fingerprint density at radius 2 is 1.76 bits per heavy atom. The third-order valence-electron chi connectivity index (χ3n) is 8.47. The Hall–Kier alpha value is -3.69. The highest BCUT2D eigenvalue weighted by molar-refractivity contribution is 8.04. The topological polar surface area (TPSA) is 90.2 Å². The number of carbonyl (C=O) groups excluding carboxylic acids is 2. The zero-order chi connectivity index (χ0) is 34.5. The number of aromatic nitrogens is 1. The molecule has 1 amide bonds. The molecule has 1 aliphatic carbocycles. The number of amides is 1. The summed E-state index contributed by atoms with van der Waals surface area (Å²) in [6.07, 6.45) is 4.83. The van der Waals surface area contributed by atoms with Gasteiger partial charge in [0.05, 0.1) is 23.1 Å². The summed E-state index contributed by atoms with van der Waals surface area (Å²) in [7, 11) is 3.00. The first-order valence-electron chi connectivity index (χ1n) is 16.5. The number of methoxy groups -OCH3 is 2. The lowest BCUT2D eigenvalue weighted by Crippen LogP contribution is -2.40. The van der Waals surface area contributed by atoms with Gasteiger partial charge >= 0.3 is 7.12 Å². The van der Waals surface area contributed by atoms with E-state index in [9.17, 15) is 9.59 Å². The van der Waals surface area contributed by atoms with Crippen molar-refractivity contribution in [2.75, 3.05) is 63.2 Å². The van der Waals surface area contributed by atoms with Gasteiger partial charge in [-0.1, -0.05) is 59.5 Å². The molecular formula is C37H37BN3O6S3+. The molecule has 0 bridgehead atoms. The van der Waals surface area contributed by atoms with Crippen LogP contribution in [-0.2, 0) is 34.9 Å². The molecule has 1 fully saturated rings. The van der Waals surface area contributed by atoms with Crippen molar-refractivity contribution in [1.29, 1.82) is 0 Å². The van der Waals surface area contributed by atoms with E-state index < -0.39 is 0 Å². The van der Waals surface area contributed by atoms with Gasteiger partial charge in [0.25, 0.3) is 5.01 Å². The van der Waals surface area contributed by atoms with Crippen molar-refractivity contribution >= 4 is 86.8 Å². The fourth-order valence-electron chi connectivity index (χ4n) is 5.98. The number of nitrogens with zero attached hydrogens (tertiary/aromatic N) is 2. The second-order valence-electron chi connectivity index (χ2n) is 11.8. The minimum Gasteiger partial charge on any atom is -0.407 e. The van der Waals surface area contributed by atoms with E-state index in [0.29, 0.717) is 56.4 Å². The fraction of sp³-hybridized carbons (Fsp3) is 0.270. The van der Waals surface area contributed by atoms with Gasteiger partial charge in [-0.2, -0.15) is 4.57 Å². The SMILES string of the molecule is COCCN1/C(=C/C2=C(SCC(=O)Nc3ccc(B4OCCCO4)cc3)C(=C/c3sc4ccccc4[n+]3CCOC)/C2=O)Sc2ccccc21. The number of fused-ring (bicyclic) bond motifs is 2. The summed E-state index contributed by atoms with van der Waals surface area (Å²) < 4.78 is 25.6. The number of hydrogen-bond donors (Lipinski definition) is 1. The molecule has 7 rings (SSSR count). The number of carbonyl (C=O) groups is 2. The molecule has 1 saturated heterocycles. The normalized spacial score (nSPS) is 17.6. The Labute approximate surface area is 304 Å². The zero-order valence-electron chi connectivity index (χ0n) is 27.9. The fourth-order valence-corrected chi connectivity index (χ4v) is 9.21. The quantitative estimate of drug-likeness (QED) is 0.107. The number of thioether (sulfide) groups is 2. The van der Waals surface area contributed by atoms with Crippen molar-refractivity contribution in [1.82, 2.24) is 0 Å². The molecule has 256 valence electrons. The maximum Gasteiger partial charge on any atom is 0.493 e. The lowest BCUT2D eigenvalue weighted by atomic mass is 9.78. The van der Waals surface area contributed by atoms with Gasteiger partial charge in [0.15, 0.2) is 12.3 Å². The molecular weight excluding hydrogens is 689 g/mol. The van der Waals surface area contributed by atoms with Gasteiger partial charge < -0.3 is 29.0 Å². The third kappa shape index (κ3) is 7.50. The summed E-state index contributed by atoms with van der Waals surface area (Å²) in [5.41, 5.74) is 4.99. The van der Waals surface area contributed by atoms with Crippen LogP contribution in [0.5, 0.6) is 0 Å². The van der Waals surface area contributed by atoms with Gasteiger partial charge in [0.2, 0.25) is 11.4 Å². The Bertz CT molecular complexity index is 1990. The number of ether oxygens (including phenoxy) is 2. The van der Waals surface area contributed by atoms with Crippen LogP contribution in [0.3, 0.4) is 0 Å². The largest absolute Gasteiger partial charge is 0.493 e. The van der Waals surface area contributed by atoms with Crippen molar-refractivity contribution in [3.05, 3.63) is 105 Å². The molecule has 1 aromatic heterocycles. The minimum absolute atomic E-state index is 0.0397. The molecule has 0 spiro atoms. The van der Waals surface area contributed by atoms with Gasteiger partial charge in [-0.05, 0) is 48.3 Å². The second kappa shape index (κ2) is 16.1. The smallest absolute Gasteiger partial charge is 0.407 e. The number of thiazole rings is 1. The lowest BCUT2D eigenvalue weighted by Gasteiger charge is -2.25. The van der Waals surface area contributed by atoms with Gasteiger partial charge in [0, 0.05) is 72.8 Å². The molecule has 50 heavy (non-hydrogen) atoms. The maximum absolute atomic E-state index is 14.0. The highest BCUT2D eigenvalue weighted by atomic mass is 32.2. The van der Waals surface area contributed by atoms with E-state index in [-0.39, 0.29) is 24.6 Å². The summed E-state index contributed by atoms with van der Waals surface area (Å²) >= 11 is 4.66. The highest BCUT2D eigenvalue weighted by Gasteiger charge is 2.36. The molecule has 4 aromatic rings. The van der Waals surface area contributed by atoms with Gasteiger partial charge in [-0.25, -0.2) is 0 Å². The summed E-state index contributed by atoms with van der Waals surface area (Å²) in [6, 6.07) is 24.0.